The van der Waals surface area contributed by atoms with Crippen LogP contribution >= 0.6 is 0 Å². The molecule has 0 aliphatic heterocycles. The molecule has 2 rings (SSSR count). The van der Waals surface area contributed by atoms with Gasteiger partial charge in [0.15, 0.2) is 0 Å². The minimum absolute atomic E-state index is 0. The Kier molecular flexibility index (Phi) is 6.61. The van der Waals surface area contributed by atoms with Gasteiger partial charge in [-0.05, 0) is 0 Å². The van der Waals surface area contributed by atoms with E-state index in [1.807, 2.05) is 0 Å². The second kappa shape index (κ2) is 7.77. The predicted molar refractivity (Wildman–Crippen MR) is 67.4 cm³/mol. The van der Waals surface area contributed by atoms with Gasteiger partial charge in [-0.1, -0.05) is 0 Å². The Hall–Kier alpha value is -0.443. The average Bonchev–Trinajstić information content (AvgIpc) is 2.32. The van der Waals surface area contributed by atoms with E-state index in [1.54, 1.807) is 0 Å². The standard InChI is InChI=1S/2C7H7.Cu.Li.H/c2*1-7-5-3-2-4-6-7;;;/h2*2-6H,1H2;;;. The SMILES string of the molecule is [LiH].c1ccc([CH2][Cu][CH2]c2ccccc2)cc1. The molecule has 2 heteroatoms. The molecule has 0 bridgehead atoms. The zero-order valence-electron chi connectivity index (χ0n) is 8.49. The molecule has 0 aliphatic carbocycles. The molecule has 0 radical (unpaired) electrons. The third-order valence-electron chi connectivity index (χ3n) is 2.08. The fourth-order valence-corrected chi connectivity index (χ4v) is 2.42. The molecular formula is C14H15CuLi. The fourth-order valence-electron chi connectivity index (χ4n) is 1.31. The molecule has 0 aliphatic rings. The Morgan fingerprint density at radius 3 is 1.38 bits per heavy atom. The molecular weight excluding hydrogens is 239 g/mol. The van der Waals surface area contributed by atoms with Gasteiger partial charge in [0, 0.05) is 0 Å². The van der Waals surface area contributed by atoms with Crippen LogP contribution in [-0.4, -0.2) is 18.9 Å². The summed E-state index contributed by atoms with van der Waals surface area (Å²) in [7, 11) is 0. The van der Waals surface area contributed by atoms with E-state index in [1.165, 1.54) is 11.1 Å². The van der Waals surface area contributed by atoms with Gasteiger partial charge in [0.25, 0.3) is 0 Å². The van der Waals surface area contributed by atoms with Crippen molar-refractivity contribution < 1.29 is 15.0 Å². The first kappa shape index (κ1) is 13.6. The van der Waals surface area contributed by atoms with Crippen LogP contribution in [0, 0.1) is 0 Å². The topological polar surface area (TPSA) is 0 Å². The van der Waals surface area contributed by atoms with Gasteiger partial charge in [-0.25, -0.2) is 0 Å². The molecule has 0 atom stereocenters. The second-order valence-electron chi connectivity index (χ2n) is 3.34. The quantitative estimate of drug-likeness (QED) is 0.735. The molecule has 0 saturated heterocycles. The molecule has 0 aromatic heterocycles. The summed E-state index contributed by atoms with van der Waals surface area (Å²) in [5, 5.41) is 2.17. The van der Waals surface area contributed by atoms with Crippen molar-refractivity contribution in [2.24, 2.45) is 0 Å². The van der Waals surface area contributed by atoms with E-state index >= 15 is 0 Å². The maximum atomic E-state index is 2.18. The number of rotatable bonds is 4. The summed E-state index contributed by atoms with van der Waals surface area (Å²) in [6, 6.07) is 21.2. The zero-order valence-corrected chi connectivity index (χ0v) is 9.43. The van der Waals surface area contributed by atoms with Crippen molar-refractivity contribution in [1.29, 1.82) is 0 Å². The monoisotopic (exact) mass is 253 g/mol. The molecule has 0 heterocycles. The first-order chi connectivity index (χ1) is 7.45. The third-order valence-corrected chi connectivity index (χ3v) is 3.32. The Morgan fingerprint density at radius 2 is 1.00 bits per heavy atom. The number of hydrogen-bond acceptors (Lipinski definition) is 0. The number of hydrogen-bond donors (Lipinski definition) is 0. The van der Waals surface area contributed by atoms with E-state index < -0.39 is 0 Å². The van der Waals surface area contributed by atoms with Crippen molar-refractivity contribution in [2.45, 2.75) is 10.6 Å². The van der Waals surface area contributed by atoms with Crippen LogP contribution in [0.4, 0.5) is 0 Å². The Morgan fingerprint density at radius 1 is 0.625 bits per heavy atom. The van der Waals surface area contributed by atoms with Gasteiger partial charge < -0.3 is 0 Å². The summed E-state index contributed by atoms with van der Waals surface area (Å²) in [4.78, 5) is 0. The summed E-state index contributed by atoms with van der Waals surface area (Å²) in [6.45, 7) is 0. The summed E-state index contributed by atoms with van der Waals surface area (Å²) < 4.78 is 0. The third kappa shape index (κ3) is 4.60. The van der Waals surface area contributed by atoms with Crippen molar-refractivity contribution in [3.05, 3.63) is 71.8 Å². The Balaban J connectivity index is 0.00000128. The van der Waals surface area contributed by atoms with Crippen LogP contribution in [0.2, 0.25) is 0 Å². The predicted octanol–water partition coefficient (Wildman–Crippen LogP) is 2.82. The van der Waals surface area contributed by atoms with Gasteiger partial charge in [0.05, 0.1) is 0 Å². The van der Waals surface area contributed by atoms with Crippen molar-refractivity contribution in [1.82, 2.24) is 0 Å². The van der Waals surface area contributed by atoms with Crippen LogP contribution in [0.15, 0.2) is 60.7 Å². The molecule has 0 N–H and O–H groups in total. The maximum absolute atomic E-state index is 2.18. The Bertz CT molecular complexity index is 346. The molecule has 0 fully saturated rings. The summed E-state index contributed by atoms with van der Waals surface area (Å²) in [5.74, 6) is 0. The molecule has 0 spiro atoms. The van der Waals surface area contributed by atoms with Gasteiger partial charge >= 0.3 is 116 Å². The molecule has 83 valence electrons. The van der Waals surface area contributed by atoms with Gasteiger partial charge in [0.2, 0.25) is 0 Å². The van der Waals surface area contributed by atoms with Crippen LogP contribution in [0.25, 0.3) is 0 Å². The molecule has 0 amide bonds. The number of benzene rings is 2. The molecule has 16 heavy (non-hydrogen) atoms. The molecule has 2 aromatic rings. The molecule has 2 aromatic carbocycles. The second-order valence-corrected chi connectivity index (χ2v) is 4.47. The van der Waals surface area contributed by atoms with Crippen LogP contribution in [-0.2, 0) is 25.6 Å². The van der Waals surface area contributed by atoms with E-state index in [0.717, 1.165) is 10.6 Å². The summed E-state index contributed by atoms with van der Waals surface area (Å²) in [5.41, 5.74) is 2.79. The average molecular weight is 254 g/mol. The molecule has 0 nitrogen and oxygen atoms in total. The van der Waals surface area contributed by atoms with Gasteiger partial charge in [-0.15, -0.1) is 0 Å². The van der Waals surface area contributed by atoms with Crippen molar-refractivity contribution in [2.75, 3.05) is 0 Å². The van der Waals surface area contributed by atoms with E-state index in [2.05, 4.69) is 75.6 Å². The van der Waals surface area contributed by atoms with Gasteiger partial charge in [-0.3, -0.25) is 0 Å². The van der Waals surface area contributed by atoms with E-state index in [0.29, 0.717) is 0 Å². The van der Waals surface area contributed by atoms with Crippen LogP contribution in [0.5, 0.6) is 0 Å². The van der Waals surface area contributed by atoms with E-state index in [4.69, 9.17) is 0 Å². The van der Waals surface area contributed by atoms with E-state index in [-0.39, 0.29) is 18.9 Å². The summed E-state index contributed by atoms with van der Waals surface area (Å²) >= 11 is 2.05. The van der Waals surface area contributed by atoms with Crippen molar-refractivity contribution in [3.8, 4) is 0 Å². The van der Waals surface area contributed by atoms with Crippen molar-refractivity contribution >= 4 is 18.9 Å². The first-order valence-electron chi connectivity index (χ1n) is 4.95. The molecule has 0 unspecified atom stereocenters. The van der Waals surface area contributed by atoms with Crippen LogP contribution in [0.1, 0.15) is 11.1 Å². The summed E-state index contributed by atoms with van der Waals surface area (Å²) in [6.07, 6.45) is 0. The van der Waals surface area contributed by atoms with Crippen LogP contribution < -0.4 is 0 Å². The van der Waals surface area contributed by atoms with Gasteiger partial charge in [-0.2, -0.15) is 0 Å². The van der Waals surface area contributed by atoms with Crippen molar-refractivity contribution in [3.63, 3.8) is 0 Å². The Labute approximate surface area is 116 Å². The molecule has 0 saturated carbocycles. The van der Waals surface area contributed by atoms with Gasteiger partial charge in [0.1, 0.15) is 0 Å². The first-order valence-corrected chi connectivity index (χ1v) is 6.29. The normalized spacial score (nSPS) is 9.75. The minimum atomic E-state index is 0. The fraction of sp³-hybridized carbons (Fsp3) is 0.143. The van der Waals surface area contributed by atoms with Crippen LogP contribution in [0.3, 0.4) is 0 Å². The zero-order chi connectivity index (χ0) is 10.3. The van der Waals surface area contributed by atoms with E-state index in [9.17, 15) is 0 Å².